The van der Waals surface area contributed by atoms with E-state index >= 15 is 4.39 Å². The molecule has 214 valence electrons. The third kappa shape index (κ3) is 5.36. The van der Waals surface area contributed by atoms with Crippen LogP contribution in [0.4, 0.5) is 10.2 Å². The average Bonchev–Trinajstić information content (AvgIpc) is 3.41. The van der Waals surface area contributed by atoms with Crippen LogP contribution >= 0.6 is 7.75 Å². The third-order valence-corrected chi connectivity index (χ3v) is 7.82. The van der Waals surface area contributed by atoms with Crippen molar-refractivity contribution in [2.45, 2.75) is 63.4 Å². The van der Waals surface area contributed by atoms with Gasteiger partial charge in [0.15, 0.2) is 11.3 Å². The van der Waals surface area contributed by atoms with E-state index in [1.54, 1.807) is 38.1 Å². The van der Waals surface area contributed by atoms with E-state index in [4.69, 9.17) is 24.3 Å². The summed E-state index contributed by atoms with van der Waals surface area (Å²) in [7, 11) is -4.38. The second kappa shape index (κ2) is 11.1. The molecule has 0 bridgehead atoms. The molecule has 2 aromatic heterocycles. The molecule has 1 aliphatic rings. The van der Waals surface area contributed by atoms with Crippen LogP contribution in [0, 0.1) is 11.3 Å². The van der Waals surface area contributed by atoms with Crippen LogP contribution in [-0.2, 0) is 29.1 Å². The van der Waals surface area contributed by atoms with Crippen molar-refractivity contribution in [3.8, 4) is 11.8 Å². The minimum atomic E-state index is -4.38. The smallest absolute Gasteiger partial charge is 0.459 e. The van der Waals surface area contributed by atoms with E-state index in [9.17, 15) is 19.7 Å². The standard InChI is InChI=1S/C24H29FN7O7P/c1-14(2)37-22(34)15(3)31-40(35,39-16-8-6-5-7-9-16)36-11-18-19(33)23(4,25)24(12-26,38-18)32-21-17(10-30-32)20(27)28-13-29-21/h5-10,13-15,18-19,33H,11H2,1-4H3,(H,31,35)(H2,27,28,29)/t15-,18-,19-,23-,24-,40?/m1/s1. The molecule has 1 aromatic carbocycles. The van der Waals surface area contributed by atoms with Crippen molar-refractivity contribution in [1.29, 1.82) is 5.26 Å². The summed E-state index contributed by atoms with van der Waals surface area (Å²) >= 11 is 0. The molecule has 1 unspecified atom stereocenters. The number of aliphatic hydroxyl groups excluding tert-OH is 1. The van der Waals surface area contributed by atoms with Crippen molar-refractivity contribution < 1.29 is 37.4 Å². The molecule has 1 fully saturated rings. The number of aromatic nitrogens is 4. The Morgan fingerprint density at radius 2 is 2.05 bits per heavy atom. The topological polar surface area (TPSA) is 197 Å². The number of ether oxygens (including phenoxy) is 2. The summed E-state index contributed by atoms with van der Waals surface area (Å²) in [5, 5.41) is 27.8. The number of nitrogens with two attached hydrogens (primary N) is 1. The van der Waals surface area contributed by atoms with Crippen LogP contribution in [0.2, 0.25) is 0 Å². The molecule has 14 nitrogen and oxygen atoms in total. The Labute approximate surface area is 228 Å². The Kier molecular flexibility index (Phi) is 8.11. The first-order chi connectivity index (χ1) is 18.8. The first-order valence-corrected chi connectivity index (χ1v) is 13.8. The molecule has 1 saturated heterocycles. The molecule has 1 aliphatic heterocycles. The fourth-order valence-corrected chi connectivity index (χ4v) is 5.61. The van der Waals surface area contributed by atoms with Crippen molar-refractivity contribution in [3.63, 3.8) is 0 Å². The number of para-hydroxylation sites is 1. The Morgan fingerprint density at radius 3 is 2.70 bits per heavy atom. The number of carbonyl (C=O) groups is 1. The average molecular weight is 578 g/mol. The third-order valence-electron chi connectivity index (χ3n) is 6.17. The van der Waals surface area contributed by atoms with Gasteiger partial charge in [-0.1, -0.05) is 18.2 Å². The molecule has 16 heteroatoms. The number of nitrogens with one attached hydrogen (secondary N) is 1. The molecule has 3 aromatic rings. The zero-order valence-corrected chi connectivity index (χ0v) is 23.0. The van der Waals surface area contributed by atoms with Gasteiger partial charge in [0, 0.05) is 0 Å². The minimum Gasteiger partial charge on any atom is -0.462 e. The predicted molar refractivity (Wildman–Crippen MR) is 138 cm³/mol. The van der Waals surface area contributed by atoms with Gasteiger partial charge in [0.2, 0.25) is 0 Å². The lowest BCUT2D eigenvalue weighted by Crippen LogP contribution is -2.52. The Hall–Kier alpha value is -3.67. The number of alkyl halides is 1. The highest BCUT2D eigenvalue weighted by molar-refractivity contribution is 7.52. The summed E-state index contributed by atoms with van der Waals surface area (Å²) < 4.78 is 52.9. The number of aliphatic hydroxyl groups is 1. The van der Waals surface area contributed by atoms with Crippen molar-refractivity contribution in [1.82, 2.24) is 24.8 Å². The van der Waals surface area contributed by atoms with Gasteiger partial charge in [-0.2, -0.15) is 20.1 Å². The van der Waals surface area contributed by atoms with Crippen LogP contribution in [0.5, 0.6) is 5.75 Å². The molecule has 40 heavy (non-hydrogen) atoms. The number of halogens is 1. The molecule has 0 saturated carbocycles. The highest BCUT2D eigenvalue weighted by Crippen LogP contribution is 2.50. The van der Waals surface area contributed by atoms with Crippen molar-refractivity contribution in [2.75, 3.05) is 12.3 Å². The highest BCUT2D eigenvalue weighted by atomic mass is 31.2. The van der Waals surface area contributed by atoms with Crippen LogP contribution in [0.1, 0.15) is 27.7 Å². The fourth-order valence-electron chi connectivity index (χ4n) is 4.11. The normalized spacial score (nSPS) is 26.8. The van der Waals surface area contributed by atoms with Gasteiger partial charge in [-0.05, 0) is 39.8 Å². The van der Waals surface area contributed by atoms with Gasteiger partial charge in [0.25, 0.3) is 5.72 Å². The molecule has 0 amide bonds. The number of nitriles is 1. The Bertz CT molecular complexity index is 1460. The van der Waals surface area contributed by atoms with Gasteiger partial charge in [0.1, 0.15) is 42.2 Å². The lowest BCUT2D eigenvalue weighted by molar-refractivity contribution is -0.149. The minimum absolute atomic E-state index is 0.0102. The number of nitrogen functional groups attached to an aromatic ring is 1. The zero-order chi connectivity index (χ0) is 29.3. The zero-order valence-electron chi connectivity index (χ0n) is 22.1. The molecule has 3 heterocycles. The number of hydrogen-bond acceptors (Lipinski definition) is 12. The monoisotopic (exact) mass is 577 g/mol. The fraction of sp³-hybridized carbons (Fsp3) is 0.458. The van der Waals surface area contributed by atoms with E-state index in [-0.39, 0.29) is 22.6 Å². The van der Waals surface area contributed by atoms with E-state index in [0.717, 1.165) is 17.9 Å². The number of fused-ring (bicyclic) bond motifs is 1. The maximum absolute atomic E-state index is 16.2. The van der Waals surface area contributed by atoms with E-state index < -0.39 is 56.1 Å². The van der Waals surface area contributed by atoms with Crippen molar-refractivity contribution in [2.24, 2.45) is 0 Å². The number of benzene rings is 1. The largest absolute Gasteiger partial charge is 0.462 e. The molecule has 4 rings (SSSR count). The van der Waals surface area contributed by atoms with E-state index in [1.165, 1.54) is 25.3 Å². The Morgan fingerprint density at radius 1 is 1.35 bits per heavy atom. The molecule has 6 atom stereocenters. The molecule has 0 radical (unpaired) electrons. The van der Waals surface area contributed by atoms with E-state index in [2.05, 4.69) is 20.2 Å². The van der Waals surface area contributed by atoms with Crippen LogP contribution in [0.25, 0.3) is 11.0 Å². The quantitative estimate of drug-likeness (QED) is 0.234. The maximum atomic E-state index is 16.2. The van der Waals surface area contributed by atoms with Crippen LogP contribution in [0.3, 0.4) is 0 Å². The molecule has 4 N–H and O–H groups in total. The predicted octanol–water partition coefficient (Wildman–Crippen LogP) is 2.21. The van der Waals surface area contributed by atoms with Crippen molar-refractivity contribution >= 4 is 30.6 Å². The second-order valence-corrected chi connectivity index (χ2v) is 11.2. The second-order valence-electron chi connectivity index (χ2n) is 9.52. The first-order valence-electron chi connectivity index (χ1n) is 12.2. The SMILES string of the molecule is CC(C)OC(=O)[C@@H](C)NP(=O)(OC[C@H]1O[C@@](C#N)(n2ncc3c(N)ncnc32)[C@](C)(F)[C@@H]1O)Oc1ccccc1. The van der Waals surface area contributed by atoms with Crippen LogP contribution in [0.15, 0.2) is 42.9 Å². The van der Waals surface area contributed by atoms with Gasteiger partial charge < -0.3 is 24.8 Å². The van der Waals surface area contributed by atoms with E-state index in [0.29, 0.717) is 0 Å². The molecule has 0 aliphatic carbocycles. The molecule has 0 spiro atoms. The summed E-state index contributed by atoms with van der Waals surface area (Å²) in [5.74, 6) is -0.546. The summed E-state index contributed by atoms with van der Waals surface area (Å²) in [5.41, 5.74) is 0.553. The lowest BCUT2D eigenvalue weighted by Gasteiger charge is -2.31. The lowest BCUT2D eigenvalue weighted by atomic mass is 9.90. The molecular weight excluding hydrogens is 548 g/mol. The number of rotatable bonds is 10. The number of esters is 1. The summed E-state index contributed by atoms with van der Waals surface area (Å²) in [6.07, 6.45) is -1.59. The number of hydrogen-bond donors (Lipinski definition) is 3. The molecular formula is C24H29FN7O7P. The maximum Gasteiger partial charge on any atom is 0.459 e. The number of carbonyl (C=O) groups excluding carboxylic acids is 1. The van der Waals surface area contributed by atoms with Gasteiger partial charge in [-0.15, -0.1) is 0 Å². The summed E-state index contributed by atoms with van der Waals surface area (Å²) in [6, 6.07) is 8.58. The summed E-state index contributed by atoms with van der Waals surface area (Å²) in [6.45, 7) is 4.94. The summed E-state index contributed by atoms with van der Waals surface area (Å²) in [4.78, 5) is 20.3. The van der Waals surface area contributed by atoms with E-state index in [1.807, 2.05) is 0 Å². The number of anilines is 1. The Balaban J connectivity index is 1.61. The van der Waals surface area contributed by atoms with Gasteiger partial charge >= 0.3 is 13.7 Å². The van der Waals surface area contributed by atoms with Crippen LogP contribution in [-0.4, -0.2) is 67.5 Å². The number of nitrogens with zero attached hydrogens (tertiary/aromatic N) is 5. The van der Waals surface area contributed by atoms with Gasteiger partial charge in [-0.3, -0.25) is 9.32 Å². The van der Waals surface area contributed by atoms with Gasteiger partial charge in [-0.25, -0.2) is 18.9 Å². The van der Waals surface area contributed by atoms with Crippen molar-refractivity contribution in [3.05, 3.63) is 42.9 Å². The first kappa shape index (κ1) is 29.3. The highest BCUT2D eigenvalue weighted by Gasteiger charge is 2.68. The van der Waals surface area contributed by atoms with Crippen LogP contribution < -0.4 is 15.3 Å². The van der Waals surface area contributed by atoms with Gasteiger partial charge in [0.05, 0.1) is 24.3 Å².